The van der Waals surface area contributed by atoms with Gasteiger partial charge in [-0.05, 0) is 55.0 Å². The molecule has 35 heavy (non-hydrogen) atoms. The Labute approximate surface area is 210 Å². The molecule has 2 heterocycles. The van der Waals surface area contributed by atoms with Crippen LogP contribution in [-0.2, 0) is 4.79 Å². The van der Waals surface area contributed by atoms with Crippen LogP contribution in [0.3, 0.4) is 0 Å². The van der Waals surface area contributed by atoms with Crippen molar-refractivity contribution in [3.63, 3.8) is 0 Å². The molecule has 0 fully saturated rings. The number of hydrogen-bond donors (Lipinski definition) is 0. The molecule has 0 saturated carbocycles. The predicted octanol–water partition coefficient (Wildman–Crippen LogP) is 7.40. The number of aryl methyl sites for hydroxylation is 1. The molecule has 0 spiro atoms. The van der Waals surface area contributed by atoms with Crippen molar-refractivity contribution in [2.24, 2.45) is 0 Å². The summed E-state index contributed by atoms with van der Waals surface area (Å²) in [5.74, 6) is 0.934. The molecule has 0 bridgehead atoms. The Morgan fingerprint density at radius 2 is 1.69 bits per heavy atom. The number of amides is 1. The van der Waals surface area contributed by atoms with Crippen LogP contribution in [0.2, 0.25) is 0 Å². The van der Waals surface area contributed by atoms with Crippen LogP contribution >= 0.6 is 15.9 Å². The van der Waals surface area contributed by atoms with Crippen molar-refractivity contribution in [2.75, 3.05) is 4.90 Å². The van der Waals surface area contributed by atoms with Crippen molar-refractivity contribution in [2.45, 2.75) is 6.92 Å². The van der Waals surface area contributed by atoms with Gasteiger partial charge in [-0.2, -0.15) is 0 Å². The summed E-state index contributed by atoms with van der Waals surface area (Å²) < 4.78 is 6.96. The quantitative estimate of drug-likeness (QED) is 0.154. The average molecular weight is 527 g/mol. The smallest absolute Gasteiger partial charge is 0.274 e. The number of nitrogens with zero attached hydrogens (tertiary/aromatic N) is 2. The van der Waals surface area contributed by atoms with E-state index < -0.39 is 4.92 Å². The van der Waals surface area contributed by atoms with Gasteiger partial charge in [0.15, 0.2) is 0 Å². The van der Waals surface area contributed by atoms with Gasteiger partial charge in [-0.25, -0.2) is 0 Å². The van der Waals surface area contributed by atoms with Gasteiger partial charge in [-0.15, -0.1) is 0 Å². The Morgan fingerprint density at radius 3 is 2.40 bits per heavy atom. The highest BCUT2D eigenvalue weighted by Crippen LogP contribution is 2.37. The first-order chi connectivity index (χ1) is 16.9. The van der Waals surface area contributed by atoms with Crippen LogP contribution in [0.4, 0.5) is 11.4 Å². The number of rotatable bonds is 5. The van der Waals surface area contributed by atoms with E-state index in [4.69, 9.17) is 4.42 Å². The molecule has 0 N–H and O–H groups in total. The monoisotopic (exact) mass is 526 g/mol. The fourth-order valence-corrected chi connectivity index (χ4v) is 4.24. The molecule has 0 aliphatic carbocycles. The molecule has 1 aliphatic heterocycles. The van der Waals surface area contributed by atoms with Crippen molar-refractivity contribution in [1.29, 1.82) is 0 Å². The molecular weight excluding hydrogens is 508 g/mol. The zero-order valence-corrected chi connectivity index (χ0v) is 20.2. The largest absolute Gasteiger partial charge is 0.457 e. The minimum atomic E-state index is -0.436. The van der Waals surface area contributed by atoms with E-state index in [0.717, 1.165) is 15.6 Å². The molecular formula is C28H19BrN2O4. The van der Waals surface area contributed by atoms with Gasteiger partial charge in [0, 0.05) is 27.2 Å². The van der Waals surface area contributed by atoms with Crippen LogP contribution < -0.4 is 4.90 Å². The van der Waals surface area contributed by atoms with E-state index in [2.05, 4.69) is 15.9 Å². The molecule has 4 aromatic rings. The van der Waals surface area contributed by atoms with Crippen LogP contribution in [0.15, 0.2) is 105 Å². The van der Waals surface area contributed by atoms with E-state index in [1.54, 1.807) is 31.2 Å². The van der Waals surface area contributed by atoms with Gasteiger partial charge in [0.25, 0.3) is 11.6 Å². The number of nitro benzene ring substituents is 1. The Bertz CT molecular complexity index is 1500. The summed E-state index contributed by atoms with van der Waals surface area (Å²) in [6, 6.07) is 25.7. The lowest BCUT2D eigenvalue weighted by atomic mass is 10.1. The third-order valence-electron chi connectivity index (χ3n) is 5.75. The maximum atomic E-state index is 13.6. The minimum absolute atomic E-state index is 0.0367. The summed E-state index contributed by atoms with van der Waals surface area (Å²) in [6.45, 7) is 1.67. The second-order valence-corrected chi connectivity index (χ2v) is 8.99. The molecule has 0 atom stereocenters. The third kappa shape index (κ3) is 4.46. The highest BCUT2D eigenvalue weighted by molar-refractivity contribution is 9.10. The van der Waals surface area contributed by atoms with Gasteiger partial charge < -0.3 is 4.42 Å². The van der Waals surface area contributed by atoms with Crippen molar-refractivity contribution in [1.82, 2.24) is 0 Å². The lowest BCUT2D eigenvalue weighted by molar-refractivity contribution is -0.385. The molecule has 3 aromatic carbocycles. The highest BCUT2D eigenvalue weighted by Gasteiger charge is 2.31. The number of hydrogen-bond acceptors (Lipinski definition) is 4. The van der Waals surface area contributed by atoms with Gasteiger partial charge in [0.2, 0.25) is 0 Å². The number of carbonyl (C=O) groups excluding carboxylic acids is 1. The van der Waals surface area contributed by atoms with E-state index >= 15 is 0 Å². The molecule has 6 nitrogen and oxygen atoms in total. The van der Waals surface area contributed by atoms with E-state index in [1.165, 1.54) is 11.0 Å². The number of nitro groups is 1. The topological polar surface area (TPSA) is 76.6 Å². The molecule has 0 saturated heterocycles. The lowest BCUT2D eigenvalue weighted by Crippen LogP contribution is -2.25. The fraction of sp³-hybridized carbons (Fsp3) is 0.0357. The fourth-order valence-electron chi connectivity index (χ4n) is 3.98. The third-order valence-corrected chi connectivity index (χ3v) is 6.28. The van der Waals surface area contributed by atoms with Gasteiger partial charge in [0.1, 0.15) is 11.5 Å². The van der Waals surface area contributed by atoms with E-state index in [1.807, 2.05) is 66.7 Å². The summed E-state index contributed by atoms with van der Waals surface area (Å²) in [6.07, 6.45) is 3.47. The van der Waals surface area contributed by atoms with Crippen LogP contribution in [0, 0.1) is 17.0 Å². The zero-order chi connectivity index (χ0) is 24.5. The van der Waals surface area contributed by atoms with Gasteiger partial charge in [-0.1, -0.05) is 64.5 Å². The Morgan fingerprint density at radius 1 is 0.943 bits per heavy atom. The number of carbonyl (C=O) groups is 1. The maximum absolute atomic E-state index is 13.6. The average Bonchev–Trinajstić information content (AvgIpc) is 3.45. The maximum Gasteiger partial charge on any atom is 0.274 e. The molecule has 172 valence electrons. The number of benzene rings is 3. The lowest BCUT2D eigenvalue weighted by Gasteiger charge is -2.21. The summed E-state index contributed by atoms with van der Waals surface area (Å²) in [4.78, 5) is 26.2. The Hall–Kier alpha value is -4.23. The molecule has 0 unspecified atom stereocenters. The number of anilines is 1. The number of halogens is 1. The number of furan rings is 1. The Kier molecular flexibility index (Phi) is 5.93. The molecule has 1 aromatic heterocycles. The van der Waals surface area contributed by atoms with Crippen molar-refractivity contribution in [3.05, 3.63) is 128 Å². The second-order valence-electron chi connectivity index (χ2n) is 8.07. The van der Waals surface area contributed by atoms with Crippen LogP contribution in [0.1, 0.15) is 16.9 Å². The summed E-state index contributed by atoms with van der Waals surface area (Å²) in [5, 5.41) is 11.5. The van der Waals surface area contributed by atoms with Gasteiger partial charge in [0.05, 0.1) is 16.3 Å². The van der Waals surface area contributed by atoms with Crippen molar-refractivity contribution < 1.29 is 14.1 Å². The molecule has 5 rings (SSSR count). The van der Waals surface area contributed by atoms with E-state index in [0.29, 0.717) is 34.0 Å². The summed E-state index contributed by atoms with van der Waals surface area (Å²) >= 11 is 3.43. The first-order valence-electron chi connectivity index (χ1n) is 10.8. The second kappa shape index (κ2) is 9.19. The van der Waals surface area contributed by atoms with Crippen LogP contribution in [0.5, 0.6) is 0 Å². The van der Waals surface area contributed by atoms with E-state index in [9.17, 15) is 14.9 Å². The van der Waals surface area contributed by atoms with Crippen LogP contribution in [-0.4, -0.2) is 10.8 Å². The standard InChI is InChI=1S/C28H19BrN2O4/c1-18-7-12-23(17-25(18)31(33)34)30-26(19-5-3-2-4-6-19)16-21(28(30)32)15-24-13-14-27(35-24)20-8-10-22(29)11-9-20/h2-17H,1H3/b21-15+. The summed E-state index contributed by atoms with van der Waals surface area (Å²) in [7, 11) is 0. The predicted molar refractivity (Wildman–Crippen MR) is 140 cm³/mol. The molecule has 1 aliphatic rings. The first kappa shape index (κ1) is 22.6. The van der Waals surface area contributed by atoms with Crippen molar-refractivity contribution in [3.8, 4) is 11.3 Å². The highest BCUT2D eigenvalue weighted by atomic mass is 79.9. The first-order valence-corrected chi connectivity index (χ1v) is 11.6. The van der Waals surface area contributed by atoms with Crippen LogP contribution in [0.25, 0.3) is 23.1 Å². The van der Waals surface area contributed by atoms with Gasteiger partial charge >= 0.3 is 0 Å². The van der Waals surface area contributed by atoms with E-state index in [-0.39, 0.29) is 11.6 Å². The van der Waals surface area contributed by atoms with Gasteiger partial charge in [-0.3, -0.25) is 19.8 Å². The van der Waals surface area contributed by atoms with Crippen molar-refractivity contribution >= 4 is 45.0 Å². The SMILES string of the molecule is Cc1ccc(N2C(=O)/C(=C/c3ccc(-c4ccc(Br)cc4)o3)C=C2c2ccccc2)cc1[N+](=O)[O-]. The molecule has 7 heteroatoms. The molecule has 1 amide bonds. The Balaban J connectivity index is 1.56. The summed E-state index contributed by atoms with van der Waals surface area (Å²) in [5.41, 5.74) is 3.73. The molecule has 0 radical (unpaired) electrons. The zero-order valence-electron chi connectivity index (χ0n) is 18.6. The minimum Gasteiger partial charge on any atom is -0.457 e. The normalized spacial score (nSPS) is 14.5.